The Morgan fingerprint density at radius 1 is 1.00 bits per heavy atom. The molecule has 2 aromatic heterocycles. The smallest absolute Gasteiger partial charge is 0.253 e. The zero-order chi connectivity index (χ0) is 18.2. The van der Waals surface area contributed by atoms with E-state index in [-0.39, 0.29) is 5.56 Å². The maximum atomic E-state index is 12.7. The second-order valence-corrected chi connectivity index (χ2v) is 8.50. The van der Waals surface area contributed by atoms with Gasteiger partial charge in [-0.25, -0.2) is 4.68 Å². The number of aromatic nitrogens is 3. The molecule has 27 heavy (non-hydrogen) atoms. The van der Waals surface area contributed by atoms with Crippen LogP contribution in [0.5, 0.6) is 0 Å². The van der Waals surface area contributed by atoms with Crippen LogP contribution in [0, 0.1) is 0 Å². The van der Waals surface area contributed by atoms with Gasteiger partial charge >= 0.3 is 0 Å². The third-order valence-electron chi connectivity index (χ3n) is 6.69. The van der Waals surface area contributed by atoms with Gasteiger partial charge in [0.05, 0.1) is 11.7 Å². The first-order chi connectivity index (χ1) is 13.3. The van der Waals surface area contributed by atoms with Crippen LogP contribution in [0.4, 0.5) is 0 Å². The van der Waals surface area contributed by atoms with E-state index in [1.165, 1.54) is 55.4 Å². The monoisotopic (exact) mass is 369 g/mol. The number of hydrogen-bond donors (Lipinski definition) is 2. The second-order valence-electron chi connectivity index (χ2n) is 8.50. The first-order valence-electron chi connectivity index (χ1n) is 10.9. The minimum atomic E-state index is 0.115. The largest absolute Gasteiger partial charge is 0.309 e. The van der Waals surface area contributed by atoms with Crippen molar-refractivity contribution in [2.75, 3.05) is 26.2 Å². The summed E-state index contributed by atoms with van der Waals surface area (Å²) in [4.78, 5) is 18.5. The summed E-state index contributed by atoms with van der Waals surface area (Å²) in [6.45, 7) is 5.56. The molecule has 146 valence electrons. The SMILES string of the molecule is O=c1[nH]c2c(c(C3CCCN3)nn2CCCN2CCCC2)c2c1CCCC2. The lowest BCUT2D eigenvalue weighted by molar-refractivity contribution is 0.322. The zero-order valence-electron chi connectivity index (χ0n) is 16.2. The molecule has 0 radical (unpaired) electrons. The van der Waals surface area contributed by atoms with E-state index in [0.29, 0.717) is 6.04 Å². The van der Waals surface area contributed by atoms with Crippen LogP contribution in [0.3, 0.4) is 0 Å². The molecule has 2 saturated heterocycles. The summed E-state index contributed by atoms with van der Waals surface area (Å²) in [6.07, 6.45) is 10.4. The van der Waals surface area contributed by atoms with Crippen molar-refractivity contribution in [2.24, 2.45) is 0 Å². The van der Waals surface area contributed by atoms with E-state index in [9.17, 15) is 4.79 Å². The highest BCUT2D eigenvalue weighted by Crippen LogP contribution is 2.33. The number of H-pyrrole nitrogens is 1. The minimum absolute atomic E-state index is 0.115. The highest BCUT2D eigenvalue weighted by molar-refractivity contribution is 5.84. The summed E-state index contributed by atoms with van der Waals surface area (Å²) >= 11 is 0. The van der Waals surface area contributed by atoms with Gasteiger partial charge in [0.15, 0.2) is 0 Å². The first kappa shape index (κ1) is 17.4. The molecule has 1 unspecified atom stereocenters. The topological polar surface area (TPSA) is 66.0 Å². The highest BCUT2D eigenvalue weighted by atomic mass is 16.1. The fourth-order valence-electron chi connectivity index (χ4n) is 5.29. The summed E-state index contributed by atoms with van der Waals surface area (Å²) in [5.41, 5.74) is 4.56. The molecule has 2 aliphatic heterocycles. The number of hydrogen-bond acceptors (Lipinski definition) is 4. The van der Waals surface area contributed by atoms with Crippen LogP contribution in [-0.4, -0.2) is 45.8 Å². The molecule has 0 amide bonds. The number of nitrogens with zero attached hydrogens (tertiary/aromatic N) is 3. The molecule has 2 aromatic rings. The van der Waals surface area contributed by atoms with E-state index in [4.69, 9.17) is 5.10 Å². The van der Waals surface area contributed by atoms with Gasteiger partial charge in [-0.1, -0.05) is 0 Å². The van der Waals surface area contributed by atoms with Gasteiger partial charge in [-0.05, 0) is 89.5 Å². The molecule has 6 heteroatoms. The lowest BCUT2D eigenvalue weighted by atomic mass is 9.89. The Hall–Kier alpha value is -1.66. The van der Waals surface area contributed by atoms with Crippen LogP contribution in [-0.2, 0) is 19.4 Å². The minimum Gasteiger partial charge on any atom is -0.309 e. The summed E-state index contributed by atoms with van der Waals surface area (Å²) in [5, 5.41) is 9.93. The van der Waals surface area contributed by atoms with Crippen molar-refractivity contribution in [3.8, 4) is 0 Å². The maximum Gasteiger partial charge on any atom is 0.253 e. The van der Waals surface area contributed by atoms with E-state index in [2.05, 4.69) is 19.9 Å². The van der Waals surface area contributed by atoms with Gasteiger partial charge in [-0.2, -0.15) is 5.10 Å². The Morgan fingerprint density at radius 3 is 2.59 bits per heavy atom. The molecule has 6 nitrogen and oxygen atoms in total. The van der Waals surface area contributed by atoms with Gasteiger partial charge in [0.2, 0.25) is 0 Å². The number of pyridine rings is 1. The number of fused-ring (bicyclic) bond motifs is 3. The number of nitrogens with one attached hydrogen (secondary N) is 2. The molecule has 3 aliphatic rings. The average Bonchev–Trinajstić information content (AvgIpc) is 3.43. The van der Waals surface area contributed by atoms with Gasteiger partial charge < -0.3 is 15.2 Å². The normalized spacial score (nSPS) is 23.3. The Bertz CT molecular complexity index is 871. The van der Waals surface area contributed by atoms with E-state index in [0.717, 1.165) is 62.9 Å². The Balaban J connectivity index is 1.52. The third kappa shape index (κ3) is 3.23. The van der Waals surface area contributed by atoms with Crippen molar-refractivity contribution in [1.82, 2.24) is 25.0 Å². The van der Waals surface area contributed by atoms with Crippen LogP contribution < -0.4 is 10.9 Å². The van der Waals surface area contributed by atoms with Crippen molar-refractivity contribution in [1.29, 1.82) is 0 Å². The van der Waals surface area contributed by atoms with Crippen molar-refractivity contribution in [3.63, 3.8) is 0 Å². The van der Waals surface area contributed by atoms with Crippen LogP contribution in [0.1, 0.15) is 67.8 Å². The standard InChI is InChI=1S/C21H31N5O/c27-21-16-8-2-1-7-15(16)18-19(17-9-5-10-22-17)24-26(20(18)23-21)14-6-13-25-11-3-4-12-25/h17,22H,1-14H2,(H,23,27). The number of likely N-dealkylation sites (tertiary alicyclic amines) is 1. The number of aromatic amines is 1. The van der Waals surface area contributed by atoms with E-state index >= 15 is 0 Å². The molecule has 4 heterocycles. The van der Waals surface area contributed by atoms with Gasteiger partial charge in [0.1, 0.15) is 5.65 Å². The summed E-state index contributed by atoms with van der Waals surface area (Å²) in [6, 6.07) is 0.337. The molecule has 0 bridgehead atoms. The first-order valence-corrected chi connectivity index (χ1v) is 10.9. The molecule has 0 spiro atoms. The van der Waals surface area contributed by atoms with Crippen LogP contribution in [0.2, 0.25) is 0 Å². The third-order valence-corrected chi connectivity index (χ3v) is 6.69. The number of aryl methyl sites for hydroxylation is 2. The predicted molar refractivity (Wildman–Crippen MR) is 107 cm³/mol. The lowest BCUT2D eigenvalue weighted by Crippen LogP contribution is -2.22. The molecular weight excluding hydrogens is 338 g/mol. The summed E-state index contributed by atoms with van der Waals surface area (Å²) < 4.78 is 2.09. The Kier molecular flexibility index (Phi) is 4.78. The van der Waals surface area contributed by atoms with Gasteiger partial charge in [0.25, 0.3) is 5.56 Å². The van der Waals surface area contributed by atoms with Crippen molar-refractivity contribution in [2.45, 2.75) is 70.4 Å². The second kappa shape index (κ2) is 7.40. The Labute approximate surface area is 160 Å². The van der Waals surface area contributed by atoms with Crippen molar-refractivity contribution in [3.05, 3.63) is 27.2 Å². The quantitative estimate of drug-likeness (QED) is 0.850. The maximum absolute atomic E-state index is 12.7. The van der Waals surface area contributed by atoms with Crippen LogP contribution >= 0.6 is 0 Å². The molecule has 0 aromatic carbocycles. The summed E-state index contributed by atoms with van der Waals surface area (Å²) in [7, 11) is 0. The highest BCUT2D eigenvalue weighted by Gasteiger charge is 2.28. The molecular formula is C21H31N5O. The van der Waals surface area contributed by atoms with Crippen LogP contribution in [0.15, 0.2) is 4.79 Å². The fourth-order valence-corrected chi connectivity index (χ4v) is 5.29. The van der Waals surface area contributed by atoms with E-state index in [1.807, 2.05) is 0 Å². The van der Waals surface area contributed by atoms with Crippen molar-refractivity contribution < 1.29 is 0 Å². The molecule has 2 fully saturated rings. The van der Waals surface area contributed by atoms with E-state index in [1.54, 1.807) is 0 Å². The van der Waals surface area contributed by atoms with Crippen molar-refractivity contribution >= 4 is 11.0 Å². The molecule has 2 N–H and O–H groups in total. The molecule has 5 rings (SSSR count). The fraction of sp³-hybridized carbons (Fsp3) is 0.714. The molecule has 1 atom stereocenters. The molecule has 0 saturated carbocycles. The summed E-state index contributed by atoms with van der Waals surface area (Å²) in [5.74, 6) is 0. The predicted octanol–water partition coefficient (Wildman–Crippen LogP) is 2.51. The van der Waals surface area contributed by atoms with E-state index < -0.39 is 0 Å². The Morgan fingerprint density at radius 2 is 1.81 bits per heavy atom. The van der Waals surface area contributed by atoms with Gasteiger partial charge in [-0.15, -0.1) is 0 Å². The molecule has 1 aliphatic carbocycles. The zero-order valence-corrected chi connectivity index (χ0v) is 16.2. The van der Waals surface area contributed by atoms with Crippen LogP contribution in [0.25, 0.3) is 11.0 Å². The number of rotatable bonds is 5. The van der Waals surface area contributed by atoms with Gasteiger partial charge in [0, 0.05) is 17.5 Å². The lowest BCUT2D eigenvalue weighted by Gasteiger charge is -2.17. The average molecular weight is 370 g/mol. The van der Waals surface area contributed by atoms with Gasteiger partial charge in [-0.3, -0.25) is 4.79 Å².